The number of aromatic nitrogens is 1. The van der Waals surface area contributed by atoms with Gasteiger partial charge in [0.25, 0.3) is 15.5 Å². The van der Waals surface area contributed by atoms with Crippen LogP contribution in [0.3, 0.4) is 0 Å². The van der Waals surface area contributed by atoms with Crippen molar-refractivity contribution >= 4 is 35.7 Å². The molecule has 0 saturated heterocycles. The van der Waals surface area contributed by atoms with E-state index in [1.54, 1.807) is 0 Å². The summed E-state index contributed by atoms with van der Waals surface area (Å²) in [5, 5.41) is -0.727. The first kappa shape index (κ1) is 13.6. The zero-order chi connectivity index (χ0) is 12.5. The first-order valence-electron chi connectivity index (χ1n) is 3.74. The van der Waals surface area contributed by atoms with Gasteiger partial charge in [-0.1, -0.05) is 0 Å². The molecule has 4 nitrogen and oxygen atoms in total. The summed E-state index contributed by atoms with van der Waals surface area (Å²) in [4.78, 5) is 3.27. The van der Waals surface area contributed by atoms with Crippen LogP contribution in [0.4, 0.5) is 8.78 Å². The third kappa shape index (κ3) is 2.80. The molecule has 0 unspecified atom stereocenters. The highest BCUT2D eigenvalue weighted by Gasteiger charge is 2.24. The summed E-state index contributed by atoms with van der Waals surface area (Å²) in [6, 6.07) is 1.07. The molecule has 1 heterocycles. The Hall–Kier alpha value is -0.470. The quantitative estimate of drug-likeness (QED) is 0.796. The standard InChI is InChI=1S/C7H5BrClF2NO3S/c1-15-4-2-3(8)5(6(10)11)12-7(4)16(9,13)14/h2,6H,1H3. The second kappa shape index (κ2) is 4.80. The number of halogens is 4. The normalized spacial score (nSPS) is 11.9. The zero-order valence-corrected chi connectivity index (χ0v) is 10.9. The second-order valence-corrected chi connectivity index (χ2v) is 5.94. The predicted octanol–water partition coefficient (Wildman–Crippen LogP) is 2.72. The number of methoxy groups -OCH3 is 1. The molecule has 0 fully saturated rings. The van der Waals surface area contributed by atoms with Crippen molar-refractivity contribution < 1.29 is 21.9 Å². The molecule has 0 bridgehead atoms. The van der Waals surface area contributed by atoms with Crippen LogP contribution in [-0.4, -0.2) is 20.5 Å². The minimum Gasteiger partial charge on any atom is -0.494 e. The third-order valence-electron chi connectivity index (χ3n) is 1.59. The van der Waals surface area contributed by atoms with E-state index >= 15 is 0 Å². The molecule has 0 aliphatic carbocycles. The van der Waals surface area contributed by atoms with E-state index in [2.05, 4.69) is 25.7 Å². The van der Waals surface area contributed by atoms with E-state index in [4.69, 9.17) is 10.7 Å². The van der Waals surface area contributed by atoms with E-state index in [0.29, 0.717) is 0 Å². The van der Waals surface area contributed by atoms with Gasteiger partial charge >= 0.3 is 0 Å². The van der Waals surface area contributed by atoms with Gasteiger partial charge in [-0.15, -0.1) is 0 Å². The van der Waals surface area contributed by atoms with E-state index in [9.17, 15) is 17.2 Å². The zero-order valence-electron chi connectivity index (χ0n) is 7.75. The van der Waals surface area contributed by atoms with Crippen LogP contribution in [0, 0.1) is 0 Å². The number of hydrogen-bond acceptors (Lipinski definition) is 4. The highest BCUT2D eigenvalue weighted by Crippen LogP contribution is 2.33. The van der Waals surface area contributed by atoms with Gasteiger partial charge < -0.3 is 4.74 Å². The average Bonchev–Trinajstić information content (AvgIpc) is 2.14. The number of alkyl halides is 2. The number of nitrogens with zero attached hydrogens (tertiary/aromatic N) is 1. The first-order valence-corrected chi connectivity index (χ1v) is 6.85. The van der Waals surface area contributed by atoms with Gasteiger partial charge in [0.05, 0.1) is 7.11 Å². The second-order valence-electron chi connectivity index (χ2n) is 2.60. The van der Waals surface area contributed by atoms with Gasteiger partial charge in [-0.3, -0.25) is 0 Å². The number of ether oxygens (including phenoxy) is 1. The molecule has 0 aliphatic rings. The Morgan fingerprint density at radius 3 is 2.50 bits per heavy atom. The molecule has 16 heavy (non-hydrogen) atoms. The van der Waals surface area contributed by atoms with Gasteiger partial charge in [-0.05, 0) is 22.0 Å². The van der Waals surface area contributed by atoms with Crippen molar-refractivity contribution in [2.45, 2.75) is 11.5 Å². The van der Waals surface area contributed by atoms with Gasteiger partial charge in [0.15, 0.2) is 5.75 Å². The Morgan fingerprint density at radius 1 is 1.56 bits per heavy atom. The van der Waals surface area contributed by atoms with Crippen LogP contribution in [0.5, 0.6) is 5.75 Å². The van der Waals surface area contributed by atoms with E-state index in [-0.39, 0.29) is 10.2 Å². The van der Waals surface area contributed by atoms with Crippen LogP contribution in [0.2, 0.25) is 0 Å². The lowest BCUT2D eigenvalue weighted by Gasteiger charge is -2.08. The molecule has 0 amide bonds. The van der Waals surface area contributed by atoms with Crippen LogP contribution in [0.1, 0.15) is 12.1 Å². The van der Waals surface area contributed by atoms with Crippen LogP contribution >= 0.6 is 26.6 Å². The molecule has 9 heteroatoms. The SMILES string of the molecule is COc1cc(Br)c(C(F)F)nc1S(=O)(=O)Cl. The molecule has 0 N–H and O–H groups in total. The molecule has 0 aliphatic heterocycles. The summed E-state index contributed by atoms with van der Waals surface area (Å²) in [5.41, 5.74) is -0.708. The monoisotopic (exact) mass is 335 g/mol. The summed E-state index contributed by atoms with van der Waals surface area (Å²) in [6.07, 6.45) is -2.92. The van der Waals surface area contributed by atoms with Gasteiger partial charge in [0, 0.05) is 15.2 Å². The summed E-state index contributed by atoms with van der Waals surface area (Å²) in [5.74, 6) is -0.203. The van der Waals surface area contributed by atoms with Crippen LogP contribution in [-0.2, 0) is 9.05 Å². The van der Waals surface area contributed by atoms with Crippen molar-refractivity contribution in [3.8, 4) is 5.75 Å². The Bertz CT molecular complexity index is 509. The summed E-state index contributed by atoms with van der Waals surface area (Å²) in [7, 11) is 1.98. The van der Waals surface area contributed by atoms with Crippen molar-refractivity contribution in [2.24, 2.45) is 0 Å². The van der Waals surface area contributed by atoms with Gasteiger partial charge in [-0.2, -0.15) is 0 Å². The summed E-state index contributed by atoms with van der Waals surface area (Å²) >= 11 is 2.83. The van der Waals surface area contributed by atoms with Crippen molar-refractivity contribution in [1.29, 1.82) is 0 Å². The van der Waals surface area contributed by atoms with E-state index in [0.717, 1.165) is 6.07 Å². The number of rotatable bonds is 3. The maximum atomic E-state index is 12.5. The minimum absolute atomic E-state index is 0.0524. The van der Waals surface area contributed by atoms with Crippen molar-refractivity contribution in [1.82, 2.24) is 4.98 Å². The van der Waals surface area contributed by atoms with Crippen LogP contribution in [0.25, 0.3) is 0 Å². The van der Waals surface area contributed by atoms with Crippen molar-refractivity contribution in [3.63, 3.8) is 0 Å². The third-order valence-corrected chi connectivity index (χ3v) is 3.42. The van der Waals surface area contributed by atoms with Crippen molar-refractivity contribution in [3.05, 3.63) is 16.2 Å². The topological polar surface area (TPSA) is 56.3 Å². The Balaban J connectivity index is 3.53. The highest BCUT2D eigenvalue weighted by molar-refractivity contribution is 9.10. The van der Waals surface area contributed by atoms with Gasteiger partial charge in [0.1, 0.15) is 5.69 Å². The molecule has 0 saturated carbocycles. The molecular weight excluding hydrogens is 332 g/mol. The maximum absolute atomic E-state index is 12.5. The molecular formula is C7H5BrClF2NO3S. The fourth-order valence-corrected chi connectivity index (χ4v) is 2.33. The molecule has 0 spiro atoms. The lowest BCUT2D eigenvalue weighted by Crippen LogP contribution is -2.04. The Labute approximate surface area is 103 Å². The van der Waals surface area contributed by atoms with Gasteiger partial charge in [0.2, 0.25) is 5.03 Å². The lowest BCUT2D eigenvalue weighted by molar-refractivity contribution is 0.144. The number of pyridine rings is 1. The molecule has 90 valence electrons. The van der Waals surface area contributed by atoms with Crippen molar-refractivity contribution in [2.75, 3.05) is 7.11 Å². The Morgan fingerprint density at radius 2 is 2.12 bits per heavy atom. The fraction of sp³-hybridized carbons (Fsp3) is 0.286. The number of hydrogen-bond donors (Lipinski definition) is 0. The minimum atomic E-state index is -4.24. The van der Waals surface area contributed by atoms with Crippen LogP contribution < -0.4 is 4.74 Å². The summed E-state index contributed by atoms with van der Waals surface area (Å²) in [6.45, 7) is 0. The molecule has 0 radical (unpaired) electrons. The largest absolute Gasteiger partial charge is 0.494 e. The average molecular weight is 337 g/mol. The van der Waals surface area contributed by atoms with E-state index < -0.39 is 26.2 Å². The summed E-state index contributed by atoms with van der Waals surface area (Å²) < 4.78 is 51.7. The smallest absolute Gasteiger partial charge is 0.282 e. The van der Waals surface area contributed by atoms with Crippen LogP contribution in [0.15, 0.2) is 15.6 Å². The molecule has 1 rings (SSSR count). The highest BCUT2D eigenvalue weighted by atomic mass is 79.9. The fourth-order valence-electron chi connectivity index (χ4n) is 0.943. The molecule has 1 aromatic rings. The first-order chi connectivity index (χ1) is 7.27. The van der Waals surface area contributed by atoms with Gasteiger partial charge in [-0.25, -0.2) is 22.2 Å². The maximum Gasteiger partial charge on any atom is 0.282 e. The van der Waals surface area contributed by atoms with E-state index in [1.807, 2.05) is 0 Å². The Kier molecular flexibility index (Phi) is 4.08. The lowest BCUT2D eigenvalue weighted by atomic mass is 10.3. The van der Waals surface area contributed by atoms with E-state index in [1.165, 1.54) is 7.11 Å². The predicted molar refractivity (Wildman–Crippen MR) is 56.5 cm³/mol. The molecule has 1 aromatic heterocycles. The molecule has 0 aromatic carbocycles. The molecule has 0 atom stereocenters.